The van der Waals surface area contributed by atoms with Gasteiger partial charge in [-0.05, 0) is 107 Å². The van der Waals surface area contributed by atoms with Crippen LogP contribution in [0, 0.1) is 27.7 Å². The number of benzene rings is 8. The molecule has 0 saturated heterocycles. The standard InChI is InChI=1S/C62H44N6/c1-37-23-27-54-46(32-37)47-33-38(2)24-28-55(47)67(54)61-59(65-50-19-9-5-15-42(50)43-16-6-10-20-51(43)65)58(41-14-13-31-63-36-41)60(66-52-21-11-7-17-44(52)45-18-8-12-22-53(45)66)62(64-61)68-56-29-25-39(3)34-48(56)49-35-40(4)26-30-57(49)68/h5-36H,1-4H3. The Morgan fingerprint density at radius 3 is 0.956 bits per heavy atom. The Hall–Kier alpha value is -8.74. The van der Waals surface area contributed by atoms with E-state index in [0.717, 1.165) is 78.3 Å². The van der Waals surface area contributed by atoms with E-state index in [4.69, 9.17) is 9.97 Å². The monoisotopic (exact) mass is 872 g/mol. The summed E-state index contributed by atoms with van der Waals surface area (Å²) in [5.41, 5.74) is 17.5. The highest BCUT2D eigenvalue weighted by Gasteiger charge is 2.32. The summed E-state index contributed by atoms with van der Waals surface area (Å²) in [6, 6.07) is 67.0. The number of pyridine rings is 2. The lowest BCUT2D eigenvalue weighted by Gasteiger charge is -2.26. The van der Waals surface area contributed by atoms with Crippen molar-refractivity contribution in [3.8, 4) is 34.1 Å². The third-order valence-corrected chi connectivity index (χ3v) is 14.2. The molecule has 0 fully saturated rings. The normalized spacial score (nSPS) is 12.1. The fraction of sp³-hybridized carbons (Fsp3) is 0.0645. The van der Waals surface area contributed by atoms with Crippen molar-refractivity contribution in [1.82, 2.24) is 28.2 Å². The van der Waals surface area contributed by atoms with Crippen molar-refractivity contribution in [1.29, 1.82) is 0 Å². The van der Waals surface area contributed by atoms with Gasteiger partial charge in [0.1, 0.15) is 11.4 Å². The molecule has 0 unspecified atom stereocenters. The highest BCUT2D eigenvalue weighted by Crippen LogP contribution is 2.48. The number of hydrogen-bond acceptors (Lipinski definition) is 2. The molecule has 0 aliphatic carbocycles. The first kappa shape index (κ1) is 38.5. The molecule has 68 heavy (non-hydrogen) atoms. The fourth-order valence-electron chi connectivity index (χ4n) is 11.3. The summed E-state index contributed by atoms with van der Waals surface area (Å²) in [6.07, 6.45) is 3.91. The van der Waals surface area contributed by atoms with Crippen molar-refractivity contribution in [2.24, 2.45) is 0 Å². The van der Waals surface area contributed by atoms with E-state index >= 15 is 0 Å². The molecule has 6 heteroatoms. The lowest BCUT2D eigenvalue weighted by Crippen LogP contribution is -2.16. The summed E-state index contributed by atoms with van der Waals surface area (Å²) >= 11 is 0. The average Bonchev–Trinajstić information content (AvgIpc) is 4.08. The van der Waals surface area contributed by atoms with Gasteiger partial charge < -0.3 is 9.13 Å². The van der Waals surface area contributed by atoms with Crippen LogP contribution in [-0.2, 0) is 0 Å². The first-order chi connectivity index (χ1) is 33.4. The maximum Gasteiger partial charge on any atom is 0.165 e. The van der Waals surface area contributed by atoms with E-state index in [1.165, 1.54) is 65.3 Å². The molecular weight excluding hydrogens is 829 g/mol. The first-order valence-corrected chi connectivity index (χ1v) is 23.4. The Morgan fingerprint density at radius 1 is 0.309 bits per heavy atom. The Morgan fingerprint density at radius 2 is 0.632 bits per heavy atom. The van der Waals surface area contributed by atoms with E-state index in [2.05, 4.69) is 228 Å². The average molecular weight is 873 g/mol. The van der Waals surface area contributed by atoms with Crippen molar-refractivity contribution in [3.05, 3.63) is 217 Å². The fourth-order valence-corrected chi connectivity index (χ4v) is 11.3. The van der Waals surface area contributed by atoms with Crippen LogP contribution in [0.5, 0.6) is 0 Å². The molecule has 6 aromatic heterocycles. The number of para-hydroxylation sites is 4. The summed E-state index contributed by atoms with van der Waals surface area (Å²) < 4.78 is 9.83. The maximum absolute atomic E-state index is 6.34. The lowest BCUT2D eigenvalue weighted by atomic mass is 10.0. The summed E-state index contributed by atoms with van der Waals surface area (Å²) in [6.45, 7) is 8.74. The van der Waals surface area contributed by atoms with Crippen LogP contribution in [-0.4, -0.2) is 28.2 Å². The molecule has 0 atom stereocenters. The van der Waals surface area contributed by atoms with Crippen LogP contribution in [0.15, 0.2) is 194 Å². The molecular formula is C62H44N6. The quantitative estimate of drug-likeness (QED) is 0.173. The van der Waals surface area contributed by atoms with E-state index < -0.39 is 0 Å². The van der Waals surface area contributed by atoms with Gasteiger partial charge in [-0.1, -0.05) is 125 Å². The molecule has 6 nitrogen and oxygen atoms in total. The zero-order valence-electron chi connectivity index (χ0n) is 38.2. The molecule has 0 radical (unpaired) electrons. The number of aromatic nitrogens is 6. The molecule has 0 bridgehead atoms. The van der Waals surface area contributed by atoms with E-state index in [1.807, 2.05) is 12.4 Å². The van der Waals surface area contributed by atoms with Gasteiger partial charge >= 0.3 is 0 Å². The molecule has 0 spiro atoms. The Balaban J connectivity index is 1.33. The number of aryl methyl sites for hydroxylation is 4. The van der Waals surface area contributed by atoms with Gasteiger partial charge in [-0.25, -0.2) is 4.98 Å². The second kappa shape index (κ2) is 14.4. The van der Waals surface area contributed by atoms with Crippen molar-refractivity contribution in [3.63, 3.8) is 0 Å². The van der Waals surface area contributed by atoms with Crippen LogP contribution in [0.25, 0.3) is 121 Å². The Bertz CT molecular complexity index is 3940. The van der Waals surface area contributed by atoms with Crippen LogP contribution < -0.4 is 0 Å². The van der Waals surface area contributed by atoms with Gasteiger partial charge in [0.2, 0.25) is 0 Å². The number of rotatable bonds is 5. The SMILES string of the molecule is Cc1ccc2c(c1)c1cc(C)ccc1n2-c1nc(-n2c3ccc(C)cc3c3cc(C)ccc32)c(-n2c3ccccc3c3ccccc32)c(-c2cccnc2)c1-n1c2ccccc2c2ccccc21. The molecule has 0 aliphatic rings. The highest BCUT2D eigenvalue weighted by molar-refractivity contribution is 6.16. The molecule has 0 amide bonds. The molecule has 0 saturated carbocycles. The molecule has 8 aromatic carbocycles. The van der Waals surface area contributed by atoms with Crippen molar-refractivity contribution < 1.29 is 0 Å². The van der Waals surface area contributed by atoms with E-state index in [-0.39, 0.29) is 0 Å². The topological polar surface area (TPSA) is 45.5 Å². The van der Waals surface area contributed by atoms with E-state index in [9.17, 15) is 0 Å². The zero-order valence-corrected chi connectivity index (χ0v) is 38.2. The first-order valence-electron chi connectivity index (χ1n) is 23.4. The van der Waals surface area contributed by atoms with Crippen LogP contribution in [0.4, 0.5) is 0 Å². The zero-order chi connectivity index (χ0) is 45.4. The minimum absolute atomic E-state index is 0.816. The van der Waals surface area contributed by atoms with Gasteiger partial charge in [-0.15, -0.1) is 0 Å². The summed E-state index contributed by atoms with van der Waals surface area (Å²) in [7, 11) is 0. The Labute approximate surface area is 392 Å². The minimum atomic E-state index is 0.816. The van der Waals surface area contributed by atoms with Crippen molar-refractivity contribution in [2.75, 3.05) is 0 Å². The van der Waals surface area contributed by atoms with Gasteiger partial charge in [-0.3, -0.25) is 14.1 Å². The van der Waals surface area contributed by atoms with Crippen LogP contribution in [0.2, 0.25) is 0 Å². The second-order valence-corrected chi connectivity index (χ2v) is 18.6. The van der Waals surface area contributed by atoms with Crippen molar-refractivity contribution >= 4 is 87.2 Å². The summed E-state index contributed by atoms with van der Waals surface area (Å²) in [4.78, 5) is 11.3. The third kappa shape index (κ3) is 5.40. The van der Waals surface area contributed by atoms with Gasteiger partial charge in [0.05, 0.1) is 44.1 Å². The Kier molecular flexibility index (Phi) is 8.15. The second-order valence-electron chi connectivity index (χ2n) is 18.6. The smallest absolute Gasteiger partial charge is 0.165 e. The van der Waals surface area contributed by atoms with Gasteiger partial charge in [0.25, 0.3) is 0 Å². The summed E-state index contributed by atoms with van der Waals surface area (Å²) in [5, 5.41) is 9.47. The molecule has 322 valence electrons. The predicted octanol–water partition coefficient (Wildman–Crippen LogP) is 15.8. The lowest BCUT2D eigenvalue weighted by molar-refractivity contribution is 0.960. The molecule has 14 rings (SSSR count). The van der Waals surface area contributed by atoms with Gasteiger partial charge in [0.15, 0.2) is 11.6 Å². The molecule has 0 N–H and O–H groups in total. The minimum Gasteiger partial charge on any atom is -0.305 e. The molecule has 6 heterocycles. The third-order valence-electron chi connectivity index (χ3n) is 14.2. The molecule has 14 aromatic rings. The van der Waals surface area contributed by atoms with E-state index in [0.29, 0.717) is 0 Å². The molecule has 0 aliphatic heterocycles. The van der Waals surface area contributed by atoms with Crippen LogP contribution in [0.3, 0.4) is 0 Å². The van der Waals surface area contributed by atoms with Crippen molar-refractivity contribution in [2.45, 2.75) is 27.7 Å². The highest BCUT2D eigenvalue weighted by atomic mass is 15.2. The van der Waals surface area contributed by atoms with Gasteiger partial charge in [0, 0.05) is 66.6 Å². The maximum atomic E-state index is 6.34. The summed E-state index contributed by atoms with van der Waals surface area (Å²) in [5.74, 6) is 1.63. The number of hydrogen-bond donors (Lipinski definition) is 0. The number of nitrogens with zero attached hydrogens (tertiary/aromatic N) is 6. The van der Waals surface area contributed by atoms with E-state index in [1.54, 1.807) is 0 Å². The largest absolute Gasteiger partial charge is 0.305 e. The number of fused-ring (bicyclic) bond motifs is 12. The van der Waals surface area contributed by atoms with Crippen LogP contribution >= 0.6 is 0 Å². The van der Waals surface area contributed by atoms with Gasteiger partial charge in [-0.2, -0.15) is 0 Å². The van der Waals surface area contributed by atoms with Crippen LogP contribution in [0.1, 0.15) is 22.3 Å². The predicted molar refractivity (Wildman–Crippen MR) is 284 cm³/mol.